The average molecular weight is 539 g/mol. The molecule has 0 N–H and O–H groups in total. The van der Waals surface area contributed by atoms with E-state index in [0.717, 1.165) is 16.7 Å². The highest BCUT2D eigenvalue weighted by atomic mass is 79.9. The number of carbonyl (C=O) groups excluding carboxylic acids is 3. The second-order valence-electron chi connectivity index (χ2n) is 8.11. The average Bonchev–Trinajstić information content (AvgIpc) is 2.88. The van der Waals surface area contributed by atoms with E-state index in [4.69, 9.17) is 14.2 Å². The molecule has 0 heterocycles. The van der Waals surface area contributed by atoms with Gasteiger partial charge in [0.15, 0.2) is 18.5 Å². The zero-order chi connectivity index (χ0) is 25.2. The zero-order valence-electron chi connectivity index (χ0n) is 19.6. The van der Waals surface area contributed by atoms with Gasteiger partial charge in [0.1, 0.15) is 6.61 Å². The quantitative estimate of drug-likeness (QED) is 0.189. The third-order valence-electron chi connectivity index (χ3n) is 5.29. The van der Waals surface area contributed by atoms with Gasteiger partial charge in [0, 0.05) is 0 Å². The van der Waals surface area contributed by atoms with Gasteiger partial charge in [-0.25, -0.2) is 9.59 Å². The van der Waals surface area contributed by atoms with E-state index in [1.165, 1.54) is 0 Å². The van der Waals surface area contributed by atoms with Crippen LogP contribution in [-0.2, 0) is 25.6 Å². The molecule has 3 rings (SSSR count). The van der Waals surface area contributed by atoms with Gasteiger partial charge in [0.25, 0.3) is 0 Å². The van der Waals surface area contributed by atoms with Crippen LogP contribution < -0.4 is 0 Å². The summed E-state index contributed by atoms with van der Waals surface area (Å²) >= 11 is 3.44. The first-order valence-electron chi connectivity index (χ1n) is 11.1. The van der Waals surface area contributed by atoms with Crippen molar-refractivity contribution in [3.8, 4) is 0 Å². The lowest BCUT2D eigenvalue weighted by molar-refractivity contribution is -0.127. The highest BCUT2D eigenvalue weighted by Crippen LogP contribution is 2.20. The van der Waals surface area contributed by atoms with Crippen LogP contribution in [0.3, 0.4) is 0 Å². The van der Waals surface area contributed by atoms with Crippen LogP contribution in [0.25, 0.3) is 0 Å². The number of esters is 2. The van der Waals surface area contributed by atoms with Gasteiger partial charge in [0.05, 0.1) is 22.6 Å². The molecule has 6 nitrogen and oxygen atoms in total. The highest BCUT2D eigenvalue weighted by molar-refractivity contribution is 9.09. The van der Waals surface area contributed by atoms with Crippen molar-refractivity contribution in [2.45, 2.75) is 37.5 Å². The number of benzene rings is 3. The Morgan fingerprint density at radius 3 is 1.91 bits per heavy atom. The molecule has 0 amide bonds. The molecule has 0 aliphatic rings. The van der Waals surface area contributed by atoms with Crippen LogP contribution in [0.15, 0.2) is 78.9 Å². The van der Waals surface area contributed by atoms with Gasteiger partial charge in [-0.15, -0.1) is 0 Å². The first-order valence-corrected chi connectivity index (χ1v) is 12.1. The molecule has 0 saturated carbocycles. The maximum absolute atomic E-state index is 12.8. The fourth-order valence-electron chi connectivity index (χ4n) is 3.23. The Balaban J connectivity index is 1.73. The van der Waals surface area contributed by atoms with Crippen molar-refractivity contribution in [3.05, 3.63) is 107 Å². The zero-order valence-corrected chi connectivity index (χ0v) is 21.1. The molecule has 3 atom stereocenters. The van der Waals surface area contributed by atoms with Crippen molar-refractivity contribution in [2.75, 3.05) is 6.61 Å². The molecule has 0 spiro atoms. The monoisotopic (exact) mass is 538 g/mol. The maximum atomic E-state index is 12.8. The molecule has 0 aromatic heterocycles. The van der Waals surface area contributed by atoms with E-state index in [1.54, 1.807) is 36.4 Å². The Labute approximate surface area is 213 Å². The van der Waals surface area contributed by atoms with E-state index in [9.17, 15) is 14.4 Å². The molecule has 3 aromatic carbocycles. The second-order valence-corrected chi connectivity index (χ2v) is 9.29. The minimum atomic E-state index is -1.09. The lowest BCUT2D eigenvalue weighted by atomic mass is 10.1. The smallest absolute Gasteiger partial charge is 0.338 e. The van der Waals surface area contributed by atoms with Crippen LogP contribution >= 0.6 is 15.9 Å². The molecule has 35 heavy (non-hydrogen) atoms. The van der Waals surface area contributed by atoms with Gasteiger partial charge in [-0.05, 0) is 43.7 Å². The van der Waals surface area contributed by atoms with Crippen LogP contribution in [0.2, 0.25) is 0 Å². The molecule has 182 valence electrons. The Morgan fingerprint density at radius 2 is 1.37 bits per heavy atom. The fourth-order valence-corrected chi connectivity index (χ4v) is 3.77. The minimum absolute atomic E-state index is 0.141. The maximum Gasteiger partial charge on any atom is 0.338 e. The fraction of sp³-hybridized carbons (Fsp3) is 0.250. The normalized spacial score (nSPS) is 13.3. The second kappa shape index (κ2) is 13.0. The number of alkyl halides is 1. The topological polar surface area (TPSA) is 78.9 Å². The van der Waals surface area contributed by atoms with Crippen molar-refractivity contribution >= 4 is 34.2 Å². The number of hydrogen-bond acceptors (Lipinski definition) is 6. The molecule has 1 unspecified atom stereocenters. The van der Waals surface area contributed by atoms with Crippen LogP contribution in [0.4, 0.5) is 0 Å². The molecule has 0 radical (unpaired) electrons. The van der Waals surface area contributed by atoms with Crippen molar-refractivity contribution < 1.29 is 28.6 Å². The van der Waals surface area contributed by atoms with Gasteiger partial charge in [-0.2, -0.15) is 0 Å². The molecule has 3 aromatic rings. The molecular formula is C28H27BrO6. The van der Waals surface area contributed by atoms with Crippen LogP contribution in [0.1, 0.15) is 37.4 Å². The van der Waals surface area contributed by atoms with Gasteiger partial charge in [0.2, 0.25) is 0 Å². The predicted octanol–water partition coefficient (Wildman–Crippen LogP) is 5.23. The Bertz CT molecular complexity index is 1110. The van der Waals surface area contributed by atoms with Gasteiger partial charge >= 0.3 is 11.9 Å². The number of carbonyl (C=O) groups is 3. The third kappa shape index (κ3) is 7.87. The van der Waals surface area contributed by atoms with E-state index in [2.05, 4.69) is 15.9 Å². The number of hydrogen-bond donors (Lipinski definition) is 0. The summed E-state index contributed by atoms with van der Waals surface area (Å²) in [4.78, 5) is 36.6. The lowest BCUT2D eigenvalue weighted by Gasteiger charge is -2.27. The first kappa shape index (κ1) is 26.3. The number of ether oxygens (including phenoxy) is 3. The molecule has 0 aliphatic carbocycles. The summed E-state index contributed by atoms with van der Waals surface area (Å²) in [7, 11) is 0. The highest BCUT2D eigenvalue weighted by Gasteiger charge is 2.34. The van der Waals surface area contributed by atoms with Gasteiger partial charge < -0.3 is 19.0 Å². The van der Waals surface area contributed by atoms with Crippen molar-refractivity contribution in [3.63, 3.8) is 0 Å². The Morgan fingerprint density at radius 1 is 0.829 bits per heavy atom. The van der Waals surface area contributed by atoms with Crippen molar-refractivity contribution in [1.29, 1.82) is 0 Å². The number of aryl methyl sites for hydroxylation is 2. The first-order chi connectivity index (χ1) is 16.9. The number of rotatable bonds is 11. The summed E-state index contributed by atoms with van der Waals surface area (Å²) in [5.74, 6) is -1.13. The molecular weight excluding hydrogens is 512 g/mol. The van der Waals surface area contributed by atoms with Gasteiger partial charge in [-0.1, -0.05) is 81.7 Å². The van der Waals surface area contributed by atoms with E-state index >= 15 is 0 Å². The molecule has 0 bridgehead atoms. The van der Waals surface area contributed by atoms with Crippen LogP contribution in [0, 0.1) is 13.8 Å². The SMILES string of the molecule is Cc1ccc(C(=O)OC[C@H](Br)[C@H](OC(=O)c2ccc(C)cc2)C(C=O)OCc2ccccc2)cc1. The summed E-state index contributed by atoms with van der Waals surface area (Å²) in [5.41, 5.74) is 3.61. The minimum Gasteiger partial charge on any atom is -0.461 e. The molecule has 0 fully saturated rings. The largest absolute Gasteiger partial charge is 0.461 e. The van der Waals surface area contributed by atoms with Crippen molar-refractivity contribution in [1.82, 2.24) is 0 Å². The summed E-state index contributed by atoms with van der Waals surface area (Å²) in [6.45, 7) is 3.84. The summed E-state index contributed by atoms with van der Waals surface area (Å²) in [6, 6.07) is 23.2. The number of aldehydes is 1. The van der Waals surface area contributed by atoms with Crippen LogP contribution in [0.5, 0.6) is 0 Å². The van der Waals surface area contributed by atoms with Gasteiger partial charge in [-0.3, -0.25) is 0 Å². The molecule has 0 saturated heterocycles. The summed E-state index contributed by atoms with van der Waals surface area (Å²) in [6.07, 6.45) is -1.55. The molecule has 0 aliphatic heterocycles. The van der Waals surface area contributed by atoms with E-state index in [0.29, 0.717) is 17.4 Å². The summed E-state index contributed by atoms with van der Waals surface area (Å²) < 4.78 is 16.9. The molecule has 7 heteroatoms. The number of halogens is 1. The predicted molar refractivity (Wildman–Crippen MR) is 136 cm³/mol. The van der Waals surface area contributed by atoms with E-state index in [1.807, 2.05) is 56.3 Å². The standard InChI is InChI=1S/C28H27BrO6/c1-19-8-12-22(13-9-19)27(31)34-18-24(29)26(35-28(32)23-14-10-20(2)11-15-23)25(16-30)33-17-21-6-4-3-5-7-21/h3-16,24-26H,17-18H2,1-2H3/t24-,25?,26-/m0/s1. The Kier molecular flexibility index (Phi) is 9.76. The van der Waals surface area contributed by atoms with Crippen LogP contribution in [-0.4, -0.2) is 41.9 Å². The van der Waals surface area contributed by atoms with Crippen molar-refractivity contribution in [2.24, 2.45) is 0 Å². The Hall–Kier alpha value is -3.29. The third-order valence-corrected chi connectivity index (χ3v) is 6.08. The summed E-state index contributed by atoms with van der Waals surface area (Å²) in [5, 5.41) is 0. The lowest BCUT2D eigenvalue weighted by Crippen LogP contribution is -2.43. The van der Waals surface area contributed by atoms with E-state index < -0.39 is 29.0 Å². The van der Waals surface area contributed by atoms with E-state index in [-0.39, 0.29) is 13.2 Å².